The summed E-state index contributed by atoms with van der Waals surface area (Å²) in [6, 6.07) is 32.2. The zero-order chi connectivity index (χ0) is 20.1. The van der Waals surface area contributed by atoms with E-state index in [0.29, 0.717) is 5.69 Å². The summed E-state index contributed by atoms with van der Waals surface area (Å²) in [5, 5.41) is 7.62. The van der Waals surface area contributed by atoms with Crippen LogP contribution in [-0.2, 0) is 9.59 Å². The molecule has 2 N–H and O–H groups in total. The summed E-state index contributed by atoms with van der Waals surface area (Å²) in [6.07, 6.45) is 0. The fourth-order valence-electron chi connectivity index (χ4n) is 3.30. The minimum atomic E-state index is -0.697. The van der Waals surface area contributed by atoms with Crippen molar-refractivity contribution >= 4 is 28.3 Å². The second-order valence-electron chi connectivity index (χ2n) is 6.74. The number of fused-ring (bicyclic) bond motifs is 1. The van der Waals surface area contributed by atoms with Crippen molar-refractivity contribution in [1.82, 2.24) is 5.32 Å². The Hall–Kier alpha value is -3.92. The molecule has 2 amide bonds. The van der Waals surface area contributed by atoms with Gasteiger partial charge in [-0.3, -0.25) is 9.59 Å². The van der Waals surface area contributed by atoms with Crippen LogP contribution in [-0.4, -0.2) is 11.8 Å². The molecule has 0 radical (unpaired) electrons. The van der Waals surface area contributed by atoms with Crippen LogP contribution in [0.1, 0.15) is 17.2 Å². The Labute approximate surface area is 169 Å². The van der Waals surface area contributed by atoms with Gasteiger partial charge in [-0.1, -0.05) is 91.0 Å². The van der Waals surface area contributed by atoms with Crippen LogP contribution in [0, 0.1) is 0 Å². The van der Waals surface area contributed by atoms with E-state index in [9.17, 15) is 9.59 Å². The number of rotatable bonds is 4. The van der Waals surface area contributed by atoms with Crippen molar-refractivity contribution in [2.24, 2.45) is 0 Å². The van der Waals surface area contributed by atoms with Crippen molar-refractivity contribution in [3.63, 3.8) is 0 Å². The van der Waals surface area contributed by atoms with Gasteiger partial charge in [-0.15, -0.1) is 0 Å². The van der Waals surface area contributed by atoms with Gasteiger partial charge >= 0.3 is 11.8 Å². The minimum absolute atomic E-state index is 0.410. The standard InChI is InChI=1S/C25H20N2O2/c28-24(26-22-16-15-18-9-7-8-14-21(18)17-22)25(29)27-23(19-10-3-1-4-11-19)20-12-5-2-6-13-20/h1-17,23H,(H,26,28)(H,27,29). The molecule has 4 aromatic rings. The second-order valence-corrected chi connectivity index (χ2v) is 6.74. The van der Waals surface area contributed by atoms with Gasteiger partial charge in [-0.05, 0) is 34.0 Å². The maximum absolute atomic E-state index is 12.6. The average Bonchev–Trinajstić information content (AvgIpc) is 2.78. The van der Waals surface area contributed by atoms with Crippen molar-refractivity contribution in [3.8, 4) is 0 Å². The molecule has 0 heterocycles. The number of carbonyl (C=O) groups excluding carboxylic acids is 2. The number of anilines is 1. The summed E-state index contributed by atoms with van der Waals surface area (Å²) >= 11 is 0. The predicted octanol–water partition coefficient (Wildman–Crippen LogP) is 4.68. The van der Waals surface area contributed by atoms with E-state index >= 15 is 0 Å². The molecule has 0 fully saturated rings. The zero-order valence-corrected chi connectivity index (χ0v) is 15.7. The summed E-state index contributed by atoms with van der Waals surface area (Å²) in [5.41, 5.74) is 2.40. The summed E-state index contributed by atoms with van der Waals surface area (Å²) in [7, 11) is 0. The maximum atomic E-state index is 12.6. The van der Waals surface area contributed by atoms with Crippen molar-refractivity contribution in [2.45, 2.75) is 6.04 Å². The topological polar surface area (TPSA) is 58.2 Å². The highest BCUT2D eigenvalue weighted by molar-refractivity contribution is 6.39. The number of benzene rings is 4. The molecule has 0 saturated carbocycles. The first-order valence-electron chi connectivity index (χ1n) is 9.41. The molecule has 4 nitrogen and oxygen atoms in total. The quantitative estimate of drug-likeness (QED) is 0.505. The largest absolute Gasteiger partial charge is 0.337 e. The first-order chi connectivity index (χ1) is 14.2. The lowest BCUT2D eigenvalue weighted by Gasteiger charge is -2.19. The highest BCUT2D eigenvalue weighted by Crippen LogP contribution is 2.22. The number of nitrogens with one attached hydrogen (secondary N) is 2. The van der Waals surface area contributed by atoms with Gasteiger partial charge in [0.05, 0.1) is 6.04 Å². The molecule has 0 saturated heterocycles. The summed E-state index contributed by atoms with van der Waals surface area (Å²) < 4.78 is 0. The molecule has 4 rings (SSSR count). The van der Waals surface area contributed by atoms with Gasteiger partial charge in [0.25, 0.3) is 0 Å². The van der Waals surface area contributed by atoms with Crippen molar-refractivity contribution in [2.75, 3.05) is 5.32 Å². The van der Waals surface area contributed by atoms with E-state index in [0.717, 1.165) is 21.9 Å². The van der Waals surface area contributed by atoms with Gasteiger partial charge in [-0.2, -0.15) is 0 Å². The Kier molecular flexibility index (Phi) is 5.34. The third-order valence-corrected chi connectivity index (χ3v) is 4.75. The molecule has 29 heavy (non-hydrogen) atoms. The smallest absolute Gasteiger partial charge is 0.313 e. The molecule has 4 aromatic carbocycles. The molecule has 0 aliphatic rings. The van der Waals surface area contributed by atoms with E-state index < -0.39 is 17.9 Å². The number of carbonyl (C=O) groups is 2. The fourth-order valence-corrected chi connectivity index (χ4v) is 3.30. The normalized spacial score (nSPS) is 10.7. The SMILES string of the molecule is O=C(Nc1ccc2ccccc2c1)C(=O)NC(c1ccccc1)c1ccccc1. The van der Waals surface area contributed by atoms with Crippen LogP contribution < -0.4 is 10.6 Å². The number of amides is 2. The highest BCUT2D eigenvalue weighted by atomic mass is 16.2. The highest BCUT2D eigenvalue weighted by Gasteiger charge is 2.21. The van der Waals surface area contributed by atoms with E-state index in [1.807, 2.05) is 97.1 Å². The molecule has 0 spiro atoms. The first-order valence-corrected chi connectivity index (χ1v) is 9.41. The summed E-state index contributed by atoms with van der Waals surface area (Å²) in [4.78, 5) is 25.2. The van der Waals surface area contributed by atoms with Gasteiger partial charge in [0.2, 0.25) is 0 Å². The number of hydrogen-bond donors (Lipinski definition) is 2. The molecule has 0 bridgehead atoms. The van der Waals surface area contributed by atoms with E-state index in [2.05, 4.69) is 10.6 Å². The maximum Gasteiger partial charge on any atom is 0.313 e. The van der Waals surface area contributed by atoms with Crippen LogP contribution in [0.25, 0.3) is 10.8 Å². The zero-order valence-electron chi connectivity index (χ0n) is 15.7. The van der Waals surface area contributed by atoms with Crippen molar-refractivity contribution in [3.05, 3.63) is 114 Å². The molecular weight excluding hydrogens is 360 g/mol. The van der Waals surface area contributed by atoms with Crippen LogP contribution in [0.4, 0.5) is 5.69 Å². The van der Waals surface area contributed by atoms with Crippen LogP contribution in [0.2, 0.25) is 0 Å². The molecular formula is C25H20N2O2. The monoisotopic (exact) mass is 380 g/mol. The van der Waals surface area contributed by atoms with Crippen LogP contribution >= 0.6 is 0 Å². The van der Waals surface area contributed by atoms with Crippen molar-refractivity contribution < 1.29 is 9.59 Å². The summed E-state index contributed by atoms with van der Waals surface area (Å²) in [6.45, 7) is 0. The minimum Gasteiger partial charge on any atom is -0.337 e. The lowest BCUT2D eigenvalue weighted by atomic mass is 9.98. The third kappa shape index (κ3) is 4.33. The molecule has 0 unspecified atom stereocenters. The average molecular weight is 380 g/mol. The van der Waals surface area contributed by atoms with E-state index in [1.54, 1.807) is 6.07 Å². The van der Waals surface area contributed by atoms with E-state index in [-0.39, 0.29) is 0 Å². The first kappa shape index (κ1) is 18.4. The fraction of sp³-hybridized carbons (Fsp3) is 0.0400. The Morgan fingerprint density at radius 2 is 1.14 bits per heavy atom. The third-order valence-electron chi connectivity index (χ3n) is 4.75. The Morgan fingerprint density at radius 1 is 0.586 bits per heavy atom. The van der Waals surface area contributed by atoms with Gasteiger partial charge in [0, 0.05) is 5.69 Å². The Morgan fingerprint density at radius 3 is 1.76 bits per heavy atom. The van der Waals surface area contributed by atoms with E-state index in [1.165, 1.54) is 0 Å². The van der Waals surface area contributed by atoms with Gasteiger partial charge < -0.3 is 10.6 Å². The summed E-state index contributed by atoms with van der Waals surface area (Å²) in [5.74, 6) is -1.38. The van der Waals surface area contributed by atoms with Crippen molar-refractivity contribution in [1.29, 1.82) is 0 Å². The lowest BCUT2D eigenvalue weighted by Crippen LogP contribution is -2.38. The Bertz CT molecular complexity index is 1100. The van der Waals surface area contributed by atoms with Crippen LogP contribution in [0.5, 0.6) is 0 Å². The molecule has 0 aliphatic heterocycles. The molecule has 142 valence electrons. The lowest BCUT2D eigenvalue weighted by molar-refractivity contribution is -0.136. The molecule has 4 heteroatoms. The van der Waals surface area contributed by atoms with Gasteiger partial charge in [-0.25, -0.2) is 0 Å². The van der Waals surface area contributed by atoms with Crippen LogP contribution in [0.15, 0.2) is 103 Å². The van der Waals surface area contributed by atoms with E-state index in [4.69, 9.17) is 0 Å². The molecule has 0 aromatic heterocycles. The van der Waals surface area contributed by atoms with Gasteiger partial charge in [0.1, 0.15) is 0 Å². The van der Waals surface area contributed by atoms with Crippen LogP contribution in [0.3, 0.4) is 0 Å². The second kappa shape index (κ2) is 8.40. The predicted molar refractivity (Wildman–Crippen MR) is 115 cm³/mol. The molecule has 0 aliphatic carbocycles. The molecule has 0 atom stereocenters. The van der Waals surface area contributed by atoms with Gasteiger partial charge in [0.15, 0.2) is 0 Å². The Balaban J connectivity index is 1.53. The number of hydrogen-bond acceptors (Lipinski definition) is 2.